The Kier molecular flexibility index (Phi) is 6.75. The molecular formula is C25H22ClN5O4. The lowest BCUT2D eigenvalue weighted by molar-refractivity contribution is -0.116. The summed E-state index contributed by atoms with van der Waals surface area (Å²) in [4.78, 5) is 54.5. The summed E-state index contributed by atoms with van der Waals surface area (Å²) in [5, 5.41) is 2.36. The van der Waals surface area contributed by atoms with E-state index in [-0.39, 0.29) is 29.5 Å². The standard InChI is InChI=1S/C25H22ClN5O4/c1-15-5-7-16(8-6-15)10-12-20(32)29-21-22(26)31(25(35)30(2)23(21)33)13-3-4-17-9-11-18-19(14-17)28-24(34)27-18/h5-9,11,14H,10,12-13H2,1-2H3,(H,29,32)(H2,27,28,34). The molecule has 9 nitrogen and oxygen atoms in total. The highest BCUT2D eigenvalue weighted by atomic mass is 35.5. The van der Waals surface area contributed by atoms with E-state index in [2.05, 4.69) is 27.1 Å². The zero-order valence-electron chi connectivity index (χ0n) is 19.1. The Bertz CT molecular complexity index is 1660. The van der Waals surface area contributed by atoms with Gasteiger partial charge in [0.2, 0.25) is 5.91 Å². The number of halogens is 1. The lowest BCUT2D eigenvalue weighted by Gasteiger charge is -2.13. The van der Waals surface area contributed by atoms with Crippen LogP contribution in [0.15, 0.2) is 56.8 Å². The number of hydrogen-bond donors (Lipinski definition) is 3. The zero-order valence-corrected chi connectivity index (χ0v) is 19.8. The number of carbonyl (C=O) groups excluding carboxylic acids is 1. The monoisotopic (exact) mass is 491 g/mol. The molecule has 10 heteroatoms. The van der Waals surface area contributed by atoms with Gasteiger partial charge in [-0.2, -0.15) is 0 Å². The van der Waals surface area contributed by atoms with Crippen LogP contribution >= 0.6 is 11.6 Å². The number of hydrogen-bond acceptors (Lipinski definition) is 4. The van der Waals surface area contributed by atoms with Crippen LogP contribution < -0.4 is 22.3 Å². The van der Waals surface area contributed by atoms with E-state index >= 15 is 0 Å². The number of rotatable bonds is 5. The second-order valence-corrected chi connectivity index (χ2v) is 8.43. The van der Waals surface area contributed by atoms with Crippen molar-refractivity contribution in [2.24, 2.45) is 7.05 Å². The molecule has 4 rings (SSSR count). The molecule has 0 aliphatic rings. The summed E-state index contributed by atoms with van der Waals surface area (Å²) in [6.45, 7) is 1.87. The van der Waals surface area contributed by atoms with Crippen LogP contribution in [0.3, 0.4) is 0 Å². The van der Waals surface area contributed by atoms with Gasteiger partial charge in [0.1, 0.15) is 10.8 Å². The van der Waals surface area contributed by atoms with Gasteiger partial charge in [-0.1, -0.05) is 53.3 Å². The minimum absolute atomic E-state index is 0.111. The highest BCUT2D eigenvalue weighted by Crippen LogP contribution is 2.16. The molecule has 0 saturated heterocycles. The third kappa shape index (κ3) is 5.28. The van der Waals surface area contributed by atoms with E-state index in [4.69, 9.17) is 11.6 Å². The van der Waals surface area contributed by atoms with Crippen molar-refractivity contribution in [2.75, 3.05) is 5.32 Å². The van der Waals surface area contributed by atoms with Crippen LogP contribution in [-0.2, 0) is 24.8 Å². The van der Waals surface area contributed by atoms with Crippen LogP contribution in [0.1, 0.15) is 23.1 Å². The van der Waals surface area contributed by atoms with Crippen molar-refractivity contribution in [1.29, 1.82) is 0 Å². The highest BCUT2D eigenvalue weighted by Gasteiger charge is 2.17. The molecule has 2 aromatic carbocycles. The average molecular weight is 492 g/mol. The first-order valence-corrected chi connectivity index (χ1v) is 11.2. The normalized spacial score (nSPS) is 10.7. The molecule has 178 valence electrons. The van der Waals surface area contributed by atoms with E-state index in [1.807, 2.05) is 31.2 Å². The summed E-state index contributed by atoms with van der Waals surface area (Å²) >= 11 is 6.36. The third-order valence-corrected chi connectivity index (χ3v) is 5.88. The van der Waals surface area contributed by atoms with Crippen LogP contribution in [0.4, 0.5) is 5.69 Å². The fraction of sp³-hybridized carbons (Fsp3) is 0.200. The van der Waals surface area contributed by atoms with Gasteiger partial charge in [0.15, 0.2) is 0 Å². The van der Waals surface area contributed by atoms with E-state index in [1.165, 1.54) is 7.05 Å². The summed E-state index contributed by atoms with van der Waals surface area (Å²) in [6.07, 6.45) is 0.636. The predicted octanol–water partition coefficient (Wildman–Crippen LogP) is 2.30. The van der Waals surface area contributed by atoms with Crippen LogP contribution in [0, 0.1) is 18.8 Å². The van der Waals surface area contributed by atoms with Gasteiger partial charge in [-0.25, -0.2) is 9.59 Å². The van der Waals surface area contributed by atoms with Gasteiger partial charge < -0.3 is 15.3 Å². The molecule has 0 aliphatic heterocycles. The molecule has 3 N–H and O–H groups in total. The Morgan fingerprint density at radius 2 is 1.77 bits per heavy atom. The molecule has 0 aliphatic carbocycles. The van der Waals surface area contributed by atoms with Crippen LogP contribution in [0.5, 0.6) is 0 Å². The Morgan fingerprint density at radius 1 is 1.06 bits per heavy atom. The number of aromatic nitrogens is 4. The highest BCUT2D eigenvalue weighted by molar-refractivity contribution is 6.32. The molecule has 0 fully saturated rings. The molecule has 0 spiro atoms. The Hall–Kier alpha value is -4.29. The summed E-state index contributed by atoms with van der Waals surface area (Å²) < 4.78 is 1.99. The topological polar surface area (TPSA) is 122 Å². The Balaban J connectivity index is 1.54. The smallest absolute Gasteiger partial charge is 0.319 e. The summed E-state index contributed by atoms with van der Waals surface area (Å²) in [5.74, 6) is 5.36. The number of nitrogens with zero attached hydrogens (tertiary/aromatic N) is 2. The number of carbonyl (C=O) groups is 1. The number of imidazole rings is 1. The number of nitrogens with one attached hydrogen (secondary N) is 3. The number of fused-ring (bicyclic) bond motifs is 1. The van der Waals surface area contributed by atoms with Crippen molar-refractivity contribution < 1.29 is 4.79 Å². The second-order valence-electron chi connectivity index (χ2n) is 8.07. The molecule has 0 saturated carbocycles. The Morgan fingerprint density at radius 3 is 2.51 bits per heavy atom. The van der Waals surface area contributed by atoms with Crippen LogP contribution in [0.25, 0.3) is 11.0 Å². The maximum Gasteiger partial charge on any atom is 0.332 e. The fourth-order valence-electron chi connectivity index (χ4n) is 3.53. The van der Waals surface area contributed by atoms with Crippen molar-refractivity contribution in [2.45, 2.75) is 26.3 Å². The molecule has 1 amide bonds. The molecule has 0 bridgehead atoms. The third-order valence-electron chi connectivity index (χ3n) is 5.49. The van der Waals surface area contributed by atoms with E-state index in [9.17, 15) is 19.2 Å². The van der Waals surface area contributed by atoms with Crippen LogP contribution in [-0.4, -0.2) is 25.0 Å². The minimum atomic E-state index is -0.699. The fourth-order valence-corrected chi connectivity index (χ4v) is 3.79. The number of anilines is 1. The van der Waals surface area contributed by atoms with Crippen molar-refractivity contribution >= 4 is 34.2 Å². The number of aryl methyl sites for hydroxylation is 2. The van der Waals surface area contributed by atoms with Gasteiger partial charge >= 0.3 is 11.4 Å². The van der Waals surface area contributed by atoms with Crippen molar-refractivity contribution in [3.63, 3.8) is 0 Å². The second kappa shape index (κ2) is 9.91. The van der Waals surface area contributed by atoms with Crippen LogP contribution in [0.2, 0.25) is 5.15 Å². The number of amides is 1. The molecule has 0 atom stereocenters. The van der Waals surface area contributed by atoms with Crippen molar-refractivity contribution in [3.8, 4) is 11.8 Å². The first-order valence-electron chi connectivity index (χ1n) is 10.8. The first-order chi connectivity index (χ1) is 16.7. The molecule has 0 radical (unpaired) electrons. The minimum Gasteiger partial charge on any atom is -0.319 e. The largest absolute Gasteiger partial charge is 0.332 e. The van der Waals surface area contributed by atoms with Gasteiger partial charge in [-0.15, -0.1) is 0 Å². The van der Waals surface area contributed by atoms with Gasteiger partial charge in [-0.3, -0.25) is 18.7 Å². The number of aromatic amines is 2. The first kappa shape index (κ1) is 23.9. The van der Waals surface area contributed by atoms with Gasteiger partial charge in [0.05, 0.1) is 17.6 Å². The van der Waals surface area contributed by atoms with E-state index in [0.717, 1.165) is 20.3 Å². The molecule has 2 heterocycles. The predicted molar refractivity (Wildman–Crippen MR) is 135 cm³/mol. The maximum absolute atomic E-state index is 12.6. The number of H-pyrrole nitrogens is 2. The van der Waals surface area contributed by atoms with Crippen molar-refractivity contribution in [1.82, 2.24) is 19.1 Å². The van der Waals surface area contributed by atoms with Gasteiger partial charge in [0, 0.05) is 19.0 Å². The average Bonchev–Trinajstić information content (AvgIpc) is 3.21. The van der Waals surface area contributed by atoms with Crippen molar-refractivity contribution in [3.05, 3.63) is 95.6 Å². The molecular weight excluding hydrogens is 470 g/mol. The summed E-state index contributed by atoms with van der Waals surface area (Å²) in [6, 6.07) is 13.0. The molecule has 4 aromatic rings. The summed E-state index contributed by atoms with van der Waals surface area (Å²) in [7, 11) is 1.31. The zero-order chi connectivity index (χ0) is 25.1. The molecule has 35 heavy (non-hydrogen) atoms. The van der Waals surface area contributed by atoms with Gasteiger partial charge in [0.25, 0.3) is 5.56 Å². The SMILES string of the molecule is Cc1ccc(CCC(=O)Nc2c(Cl)n(CC#Cc3ccc4[nH]c(=O)[nH]c4c3)c(=O)n(C)c2=O)cc1. The Labute approximate surface area is 204 Å². The van der Waals surface area contributed by atoms with Gasteiger partial charge in [-0.05, 0) is 37.1 Å². The van der Waals surface area contributed by atoms with E-state index in [1.54, 1.807) is 18.2 Å². The van der Waals surface area contributed by atoms with E-state index < -0.39 is 17.2 Å². The maximum atomic E-state index is 12.6. The lowest BCUT2D eigenvalue weighted by atomic mass is 10.1. The summed E-state index contributed by atoms with van der Waals surface area (Å²) in [5.41, 5.74) is 2.15. The van der Waals surface area contributed by atoms with E-state index in [0.29, 0.717) is 23.0 Å². The lowest BCUT2D eigenvalue weighted by Crippen LogP contribution is -2.40. The quantitative estimate of drug-likeness (QED) is 0.293. The molecule has 2 aromatic heterocycles. The number of benzene rings is 2. The molecule has 0 unspecified atom stereocenters.